The lowest BCUT2D eigenvalue weighted by atomic mass is 10.3. The van der Waals surface area contributed by atoms with Gasteiger partial charge in [-0.3, -0.25) is 4.98 Å². The molecule has 0 saturated heterocycles. The number of nitrogens with zero attached hydrogens (tertiary/aromatic N) is 5. The van der Waals surface area contributed by atoms with Crippen molar-refractivity contribution in [2.75, 3.05) is 7.11 Å². The Labute approximate surface area is 116 Å². The summed E-state index contributed by atoms with van der Waals surface area (Å²) in [6.45, 7) is 0.614. The predicted octanol–water partition coefficient (Wildman–Crippen LogP) is 0.850. The Kier molecular flexibility index (Phi) is 3.40. The summed E-state index contributed by atoms with van der Waals surface area (Å²) in [5.41, 5.74) is 0.847. The average molecular weight is 270 g/mol. The quantitative estimate of drug-likeness (QED) is 0.882. The summed E-state index contributed by atoms with van der Waals surface area (Å²) in [6, 6.07) is 1.80. The van der Waals surface area contributed by atoms with Crippen molar-refractivity contribution >= 4 is 0 Å². The number of rotatable bonds is 4. The molecule has 0 aromatic carbocycles. The lowest BCUT2D eigenvalue weighted by Crippen LogP contribution is -2.28. The second-order valence-corrected chi connectivity index (χ2v) is 4.21. The molecule has 1 aliphatic heterocycles. The second-order valence-electron chi connectivity index (χ2n) is 4.21. The second kappa shape index (κ2) is 5.52. The summed E-state index contributed by atoms with van der Waals surface area (Å²) in [6.07, 6.45) is 10.5. The maximum atomic E-state index is 5.00. The fraction of sp³-hybridized carbons (Fsp3) is 0.231. The van der Waals surface area contributed by atoms with Crippen LogP contribution >= 0.6 is 0 Å². The fourth-order valence-corrected chi connectivity index (χ4v) is 1.95. The molecule has 7 heteroatoms. The van der Waals surface area contributed by atoms with Crippen LogP contribution in [0.2, 0.25) is 0 Å². The van der Waals surface area contributed by atoms with Gasteiger partial charge in [-0.2, -0.15) is 0 Å². The van der Waals surface area contributed by atoms with Crippen LogP contribution in [0.3, 0.4) is 0 Å². The van der Waals surface area contributed by atoms with Crippen molar-refractivity contribution in [1.82, 2.24) is 30.2 Å². The highest BCUT2D eigenvalue weighted by Gasteiger charge is 2.23. The normalized spacial score (nSPS) is 17.1. The largest absolute Gasteiger partial charge is 0.480 e. The van der Waals surface area contributed by atoms with Crippen LogP contribution in [-0.2, 0) is 6.54 Å². The Bertz CT molecular complexity index is 586. The standard InChI is InChI=1S/C13H14N6O/c1-20-11-8-17-10(7-18-11)9-19-6-5-16-13(19)12-14-3-2-4-15-12/h2-8,13,16H,9H2,1H3. The first-order chi connectivity index (χ1) is 9.86. The van der Waals surface area contributed by atoms with Gasteiger partial charge in [0.15, 0.2) is 12.0 Å². The minimum absolute atomic E-state index is 0.0832. The van der Waals surface area contributed by atoms with E-state index in [0.29, 0.717) is 12.4 Å². The number of hydrogen-bond donors (Lipinski definition) is 1. The molecule has 1 N–H and O–H groups in total. The Morgan fingerprint density at radius 3 is 2.75 bits per heavy atom. The summed E-state index contributed by atoms with van der Waals surface area (Å²) < 4.78 is 5.00. The maximum absolute atomic E-state index is 5.00. The molecule has 3 rings (SSSR count). The van der Waals surface area contributed by atoms with E-state index in [-0.39, 0.29) is 6.17 Å². The first-order valence-electron chi connectivity index (χ1n) is 6.17. The average Bonchev–Trinajstić information content (AvgIpc) is 2.97. The Morgan fingerprint density at radius 1 is 1.20 bits per heavy atom. The molecule has 0 bridgehead atoms. The van der Waals surface area contributed by atoms with Crippen molar-refractivity contribution in [2.45, 2.75) is 12.7 Å². The van der Waals surface area contributed by atoms with Crippen LogP contribution in [0.5, 0.6) is 5.88 Å². The highest BCUT2D eigenvalue weighted by molar-refractivity contribution is 5.10. The monoisotopic (exact) mass is 270 g/mol. The molecule has 1 atom stereocenters. The molecule has 0 spiro atoms. The molecule has 3 heterocycles. The molecule has 7 nitrogen and oxygen atoms in total. The molecule has 0 radical (unpaired) electrons. The third-order valence-electron chi connectivity index (χ3n) is 2.92. The van der Waals surface area contributed by atoms with Crippen LogP contribution in [0.4, 0.5) is 0 Å². The molecular formula is C13H14N6O. The van der Waals surface area contributed by atoms with Crippen LogP contribution in [0.25, 0.3) is 0 Å². The van der Waals surface area contributed by atoms with Crippen LogP contribution in [-0.4, -0.2) is 31.9 Å². The predicted molar refractivity (Wildman–Crippen MR) is 71.2 cm³/mol. The van der Waals surface area contributed by atoms with Crippen LogP contribution in [0.1, 0.15) is 17.7 Å². The van der Waals surface area contributed by atoms with E-state index in [1.165, 1.54) is 0 Å². The van der Waals surface area contributed by atoms with Crippen LogP contribution in [0.15, 0.2) is 43.3 Å². The van der Waals surface area contributed by atoms with Crippen LogP contribution < -0.4 is 10.1 Å². The van der Waals surface area contributed by atoms with E-state index < -0.39 is 0 Å². The van der Waals surface area contributed by atoms with Crippen LogP contribution in [0, 0.1) is 0 Å². The van der Waals surface area contributed by atoms with Crippen molar-refractivity contribution in [3.63, 3.8) is 0 Å². The van der Waals surface area contributed by atoms with Crippen molar-refractivity contribution < 1.29 is 4.74 Å². The van der Waals surface area contributed by atoms with E-state index in [4.69, 9.17) is 4.74 Å². The van der Waals surface area contributed by atoms with Gasteiger partial charge >= 0.3 is 0 Å². The first kappa shape index (κ1) is 12.3. The van der Waals surface area contributed by atoms with Gasteiger partial charge in [-0.1, -0.05) is 0 Å². The molecule has 2 aromatic rings. The third-order valence-corrected chi connectivity index (χ3v) is 2.92. The number of hydrogen-bond acceptors (Lipinski definition) is 7. The number of aromatic nitrogens is 4. The molecular weight excluding hydrogens is 256 g/mol. The highest BCUT2D eigenvalue weighted by atomic mass is 16.5. The summed E-state index contributed by atoms with van der Waals surface area (Å²) in [5.74, 6) is 1.23. The van der Waals surface area contributed by atoms with Gasteiger partial charge in [-0.25, -0.2) is 15.0 Å². The lowest BCUT2D eigenvalue weighted by molar-refractivity contribution is 0.261. The van der Waals surface area contributed by atoms with E-state index in [1.54, 1.807) is 38.0 Å². The highest BCUT2D eigenvalue weighted by Crippen LogP contribution is 2.20. The molecule has 1 aliphatic rings. The van der Waals surface area contributed by atoms with E-state index >= 15 is 0 Å². The maximum Gasteiger partial charge on any atom is 0.231 e. The van der Waals surface area contributed by atoms with Gasteiger partial charge in [0, 0.05) is 24.8 Å². The van der Waals surface area contributed by atoms with E-state index in [0.717, 1.165) is 11.5 Å². The molecule has 0 fully saturated rings. The topological polar surface area (TPSA) is 76.1 Å². The van der Waals surface area contributed by atoms with Gasteiger partial charge in [0.2, 0.25) is 5.88 Å². The number of ether oxygens (including phenoxy) is 1. The van der Waals surface area contributed by atoms with Gasteiger partial charge < -0.3 is 15.0 Å². The Balaban J connectivity index is 1.74. The van der Waals surface area contributed by atoms with Gasteiger partial charge in [-0.15, -0.1) is 0 Å². The van der Waals surface area contributed by atoms with Crippen molar-refractivity contribution in [2.24, 2.45) is 0 Å². The van der Waals surface area contributed by atoms with E-state index in [9.17, 15) is 0 Å². The van der Waals surface area contributed by atoms with E-state index in [1.807, 2.05) is 12.4 Å². The molecule has 0 amide bonds. The summed E-state index contributed by atoms with van der Waals surface area (Å²) in [7, 11) is 1.57. The van der Waals surface area contributed by atoms with Crippen molar-refractivity contribution in [3.05, 3.63) is 54.8 Å². The minimum atomic E-state index is -0.0832. The number of nitrogens with one attached hydrogen (secondary N) is 1. The molecule has 102 valence electrons. The first-order valence-corrected chi connectivity index (χ1v) is 6.17. The third kappa shape index (κ3) is 2.51. The smallest absolute Gasteiger partial charge is 0.231 e. The summed E-state index contributed by atoms with van der Waals surface area (Å²) in [5, 5.41) is 3.21. The summed E-state index contributed by atoms with van der Waals surface area (Å²) >= 11 is 0. The zero-order valence-electron chi connectivity index (χ0n) is 11.0. The zero-order chi connectivity index (χ0) is 13.8. The lowest BCUT2D eigenvalue weighted by Gasteiger charge is -2.23. The zero-order valence-corrected chi connectivity index (χ0v) is 11.0. The SMILES string of the molecule is COc1cnc(CN2C=CNC2c2ncccn2)cn1. The Hall–Kier alpha value is -2.70. The van der Waals surface area contributed by atoms with Gasteiger partial charge in [-0.05, 0) is 6.07 Å². The van der Waals surface area contributed by atoms with Crippen molar-refractivity contribution in [1.29, 1.82) is 0 Å². The molecule has 0 saturated carbocycles. The fourth-order valence-electron chi connectivity index (χ4n) is 1.95. The molecule has 0 aliphatic carbocycles. The minimum Gasteiger partial charge on any atom is -0.480 e. The Morgan fingerprint density at radius 2 is 2.05 bits per heavy atom. The molecule has 1 unspecified atom stereocenters. The van der Waals surface area contributed by atoms with Gasteiger partial charge in [0.1, 0.15) is 0 Å². The van der Waals surface area contributed by atoms with E-state index in [2.05, 4.69) is 30.2 Å². The van der Waals surface area contributed by atoms with Gasteiger partial charge in [0.05, 0.1) is 31.7 Å². The molecule has 2 aromatic heterocycles. The van der Waals surface area contributed by atoms with Crippen molar-refractivity contribution in [3.8, 4) is 5.88 Å². The summed E-state index contributed by atoms with van der Waals surface area (Å²) in [4.78, 5) is 19.1. The number of methoxy groups -OCH3 is 1. The van der Waals surface area contributed by atoms with Gasteiger partial charge in [0.25, 0.3) is 0 Å². The molecule has 20 heavy (non-hydrogen) atoms.